The number of para-hydroxylation sites is 1. The molecule has 1 N–H and O–H groups in total. The van der Waals surface area contributed by atoms with Crippen LogP contribution in [0.25, 0.3) is 11.0 Å². The van der Waals surface area contributed by atoms with Gasteiger partial charge in [0.15, 0.2) is 24.4 Å². The maximum Gasteiger partial charge on any atom is 0.343 e. The predicted molar refractivity (Wildman–Crippen MR) is 108 cm³/mol. The van der Waals surface area contributed by atoms with Crippen molar-refractivity contribution in [2.75, 3.05) is 20.8 Å². The van der Waals surface area contributed by atoms with Crippen LogP contribution < -0.4 is 14.8 Å². The lowest BCUT2D eigenvalue weighted by molar-refractivity contribution is -0.125. The van der Waals surface area contributed by atoms with E-state index in [2.05, 4.69) is 5.32 Å². The Bertz CT molecular complexity index is 1050. The summed E-state index contributed by atoms with van der Waals surface area (Å²) in [5, 5.41) is 3.63. The molecule has 0 aliphatic carbocycles. The lowest BCUT2D eigenvalue weighted by atomic mass is 10.1. The number of hydrogen-bond acceptors (Lipinski definition) is 7. The Morgan fingerprint density at radius 3 is 2.57 bits per heavy atom. The molecular formula is C22H21NO7. The standard InChI is InChI=1S/C22H21NO7/c1-13(18-10-14-6-4-5-7-16(14)30-18)23-19(25)12-29-22(26)20-15(11-24)8-9-17(27-2)21(20)28-3/h4-11,13H,12H2,1-3H3,(H,23,25)/t13-/m0/s1. The Labute approximate surface area is 172 Å². The molecule has 0 bridgehead atoms. The average Bonchev–Trinajstić information content (AvgIpc) is 3.20. The topological polar surface area (TPSA) is 104 Å². The third kappa shape index (κ3) is 4.27. The van der Waals surface area contributed by atoms with Crippen LogP contribution in [0.15, 0.2) is 46.9 Å². The number of nitrogens with one attached hydrogen (secondary N) is 1. The molecule has 0 radical (unpaired) electrons. The zero-order valence-corrected chi connectivity index (χ0v) is 16.8. The SMILES string of the molecule is COc1ccc(C=O)c(C(=O)OCC(=O)N[C@@H](C)c2cc3ccccc3o2)c1OC. The van der Waals surface area contributed by atoms with Crippen molar-refractivity contribution in [1.82, 2.24) is 5.32 Å². The number of amides is 1. The molecule has 8 nitrogen and oxygen atoms in total. The van der Waals surface area contributed by atoms with Crippen LogP contribution in [0.3, 0.4) is 0 Å². The minimum absolute atomic E-state index is 0.0585. The molecule has 3 aromatic rings. The van der Waals surface area contributed by atoms with Crippen molar-refractivity contribution in [1.29, 1.82) is 0 Å². The second-order valence-corrected chi connectivity index (χ2v) is 6.44. The van der Waals surface area contributed by atoms with Crippen LogP contribution in [0.2, 0.25) is 0 Å². The number of carbonyl (C=O) groups excluding carboxylic acids is 3. The van der Waals surface area contributed by atoms with Gasteiger partial charge in [0, 0.05) is 10.9 Å². The van der Waals surface area contributed by atoms with Gasteiger partial charge in [-0.15, -0.1) is 0 Å². The van der Waals surface area contributed by atoms with Gasteiger partial charge in [-0.2, -0.15) is 0 Å². The molecule has 1 atom stereocenters. The van der Waals surface area contributed by atoms with Gasteiger partial charge >= 0.3 is 5.97 Å². The lowest BCUT2D eigenvalue weighted by Gasteiger charge is -2.15. The van der Waals surface area contributed by atoms with E-state index in [-0.39, 0.29) is 22.6 Å². The largest absolute Gasteiger partial charge is 0.493 e. The van der Waals surface area contributed by atoms with Crippen LogP contribution in [-0.4, -0.2) is 39.0 Å². The molecular weight excluding hydrogens is 390 g/mol. The summed E-state index contributed by atoms with van der Waals surface area (Å²) in [5.74, 6) is -0.500. The first-order chi connectivity index (χ1) is 14.5. The molecule has 30 heavy (non-hydrogen) atoms. The van der Waals surface area contributed by atoms with Crippen molar-refractivity contribution in [3.8, 4) is 11.5 Å². The minimum atomic E-state index is -0.876. The highest BCUT2D eigenvalue weighted by Crippen LogP contribution is 2.33. The number of rotatable bonds is 8. The Morgan fingerprint density at radius 1 is 1.13 bits per heavy atom. The maximum absolute atomic E-state index is 12.5. The number of ether oxygens (including phenoxy) is 3. The summed E-state index contributed by atoms with van der Waals surface area (Å²) in [6, 6.07) is 11.8. The van der Waals surface area contributed by atoms with E-state index in [0.717, 1.165) is 5.39 Å². The summed E-state index contributed by atoms with van der Waals surface area (Å²) in [6.07, 6.45) is 0.502. The van der Waals surface area contributed by atoms with E-state index < -0.39 is 24.5 Å². The minimum Gasteiger partial charge on any atom is -0.493 e. The van der Waals surface area contributed by atoms with E-state index in [4.69, 9.17) is 18.6 Å². The average molecular weight is 411 g/mol. The van der Waals surface area contributed by atoms with Gasteiger partial charge in [0.2, 0.25) is 0 Å². The van der Waals surface area contributed by atoms with Crippen molar-refractivity contribution in [2.45, 2.75) is 13.0 Å². The van der Waals surface area contributed by atoms with Crippen molar-refractivity contribution >= 4 is 29.1 Å². The quantitative estimate of drug-likeness (QED) is 0.448. The van der Waals surface area contributed by atoms with Crippen LogP contribution in [0, 0.1) is 0 Å². The fraction of sp³-hybridized carbons (Fsp3) is 0.227. The van der Waals surface area contributed by atoms with Gasteiger partial charge in [-0.25, -0.2) is 4.79 Å². The number of benzene rings is 2. The van der Waals surface area contributed by atoms with Crippen LogP contribution in [0.1, 0.15) is 39.4 Å². The summed E-state index contributed by atoms with van der Waals surface area (Å²) in [4.78, 5) is 36.1. The molecule has 0 unspecified atom stereocenters. The monoisotopic (exact) mass is 411 g/mol. The third-order valence-corrected chi connectivity index (χ3v) is 4.49. The number of esters is 1. The van der Waals surface area contributed by atoms with E-state index in [0.29, 0.717) is 17.6 Å². The summed E-state index contributed by atoms with van der Waals surface area (Å²) >= 11 is 0. The van der Waals surface area contributed by atoms with Gasteiger partial charge in [-0.1, -0.05) is 18.2 Å². The smallest absolute Gasteiger partial charge is 0.343 e. The Hall–Kier alpha value is -3.81. The molecule has 0 aliphatic rings. The molecule has 0 spiro atoms. The molecule has 0 saturated heterocycles. The Morgan fingerprint density at radius 2 is 1.90 bits per heavy atom. The molecule has 0 fully saturated rings. The number of aldehydes is 1. The van der Waals surface area contributed by atoms with E-state index in [1.54, 1.807) is 6.92 Å². The first kappa shape index (κ1) is 20.9. The molecule has 3 rings (SSSR count). The molecule has 1 aromatic heterocycles. The number of methoxy groups -OCH3 is 2. The zero-order chi connectivity index (χ0) is 21.7. The number of carbonyl (C=O) groups is 3. The van der Waals surface area contributed by atoms with Crippen LogP contribution in [-0.2, 0) is 9.53 Å². The first-order valence-corrected chi connectivity index (χ1v) is 9.13. The highest BCUT2D eigenvalue weighted by atomic mass is 16.5. The lowest BCUT2D eigenvalue weighted by Crippen LogP contribution is -2.31. The van der Waals surface area contributed by atoms with Crippen LogP contribution >= 0.6 is 0 Å². The summed E-state index contributed by atoms with van der Waals surface area (Å²) < 4.78 is 21.1. The first-order valence-electron chi connectivity index (χ1n) is 9.13. The molecule has 1 amide bonds. The summed E-state index contributed by atoms with van der Waals surface area (Å²) in [6.45, 7) is 1.22. The van der Waals surface area contributed by atoms with Gasteiger partial charge in [0.05, 0.1) is 20.3 Å². The Kier molecular flexibility index (Phi) is 6.36. The van der Waals surface area contributed by atoms with Gasteiger partial charge in [0.1, 0.15) is 16.9 Å². The van der Waals surface area contributed by atoms with Crippen molar-refractivity contribution in [3.63, 3.8) is 0 Å². The highest BCUT2D eigenvalue weighted by molar-refractivity contribution is 6.02. The zero-order valence-electron chi connectivity index (χ0n) is 16.8. The number of furan rings is 1. The van der Waals surface area contributed by atoms with Gasteiger partial charge in [0.25, 0.3) is 5.91 Å². The van der Waals surface area contributed by atoms with Crippen molar-refractivity contribution < 1.29 is 33.0 Å². The third-order valence-electron chi connectivity index (χ3n) is 4.49. The number of fused-ring (bicyclic) bond motifs is 1. The van der Waals surface area contributed by atoms with Crippen LogP contribution in [0.5, 0.6) is 11.5 Å². The van der Waals surface area contributed by atoms with Gasteiger partial charge in [-0.05, 0) is 31.2 Å². The molecule has 8 heteroatoms. The van der Waals surface area contributed by atoms with Crippen molar-refractivity contribution in [3.05, 3.63) is 59.4 Å². The molecule has 1 heterocycles. The maximum atomic E-state index is 12.5. The fourth-order valence-corrected chi connectivity index (χ4v) is 3.02. The second kappa shape index (κ2) is 9.13. The van der Waals surface area contributed by atoms with E-state index in [1.165, 1.54) is 26.4 Å². The van der Waals surface area contributed by atoms with Gasteiger partial charge < -0.3 is 23.9 Å². The molecule has 156 valence electrons. The van der Waals surface area contributed by atoms with E-state index >= 15 is 0 Å². The van der Waals surface area contributed by atoms with Gasteiger partial charge in [-0.3, -0.25) is 9.59 Å². The fourth-order valence-electron chi connectivity index (χ4n) is 3.02. The van der Waals surface area contributed by atoms with E-state index in [9.17, 15) is 14.4 Å². The highest BCUT2D eigenvalue weighted by Gasteiger charge is 2.24. The number of hydrogen-bond donors (Lipinski definition) is 1. The summed E-state index contributed by atoms with van der Waals surface area (Å²) in [7, 11) is 2.74. The van der Waals surface area contributed by atoms with E-state index in [1.807, 2.05) is 30.3 Å². The molecule has 0 aliphatic heterocycles. The summed E-state index contributed by atoms with van der Waals surface area (Å²) in [5.41, 5.74) is 0.672. The normalized spacial score (nSPS) is 11.6. The Balaban J connectivity index is 1.67. The molecule has 2 aromatic carbocycles. The predicted octanol–water partition coefficient (Wildman–Crippen LogP) is 3.30. The van der Waals surface area contributed by atoms with Crippen LogP contribution in [0.4, 0.5) is 0 Å². The second-order valence-electron chi connectivity index (χ2n) is 6.44. The molecule has 0 saturated carbocycles. The van der Waals surface area contributed by atoms with Crippen molar-refractivity contribution in [2.24, 2.45) is 0 Å².